The van der Waals surface area contributed by atoms with E-state index in [1.807, 2.05) is 6.07 Å². The van der Waals surface area contributed by atoms with E-state index in [4.69, 9.17) is 22.7 Å². The van der Waals surface area contributed by atoms with Crippen LogP contribution in [0, 0.1) is 5.82 Å². The van der Waals surface area contributed by atoms with Crippen molar-refractivity contribution in [3.63, 3.8) is 0 Å². The maximum atomic E-state index is 14.1. The Morgan fingerprint density at radius 1 is 1.30 bits per heavy atom. The van der Waals surface area contributed by atoms with Crippen molar-refractivity contribution >= 4 is 17.2 Å². The molecule has 0 aromatic heterocycles. The van der Waals surface area contributed by atoms with Crippen molar-refractivity contribution in [2.24, 2.45) is 5.73 Å². The van der Waals surface area contributed by atoms with Crippen molar-refractivity contribution in [1.29, 1.82) is 0 Å². The van der Waals surface area contributed by atoms with Crippen LogP contribution in [-0.4, -0.2) is 54.6 Å². The predicted molar refractivity (Wildman–Crippen MR) is 81.5 cm³/mol. The maximum Gasteiger partial charge on any atom is 0.169 e. The van der Waals surface area contributed by atoms with E-state index in [-0.39, 0.29) is 5.82 Å². The molecule has 0 unspecified atom stereocenters. The molecule has 0 bridgehead atoms. The molecule has 1 heterocycles. The van der Waals surface area contributed by atoms with Gasteiger partial charge in [-0.05, 0) is 6.07 Å². The number of hydrogen-bond donors (Lipinski definition) is 1. The molecule has 0 atom stereocenters. The van der Waals surface area contributed by atoms with Crippen molar-refractivity contribution in [1.82, 2.24) is 9.80 Å². The Morgan fingerprint density at radius 3 is 2.55 bits per heavy atom. The van der Waals surface area contributed by atoms with Gasteiger partial charge in [-0.3, -0.25) is 9.80 Å². The molecule has 1 aromatic rings. The van der Waals surface area contributed by atoms with Crippen molar-refractivity contribution < 1.29 is 9.13 Å². The summed E-state index contributed by atoms with van der Waals surface area (Å²) in [6, 6.07) is 5.26. The van der Waals surface area contributed by atoms with E-state index >= 15 is 0 Å². The minimum absolute atomic E-state index is 0.263. The number of hydrogen-bond acceptors (Lipinski definition) is 4. The standard InChI is InChI=1S/C14H20FN3OS/c1-19-12-4-2-3-11(14(12)15)9-17-5-7-18(8-6-17)10-13(16)20/h2-4H,5-10H2,1H3,(H2,16,20). The molecule has 4 nitrogen and oxygen atoms in total. The van der Waals surface area contributed by atoms with Gasteiger partial charge < -0.3 is 10.5 Å². The van der Waals surface area contributed by atoms with Gasteiger partial charge in [0.05, 0.1) is 12.1 Å². The second-order valence-corrected chi connectivity index (χ2v) is 5.48. The van der Waals surface area contributed by atoms with Gasteiger partial charge >= 0.3 is 0 Å². The molecule has 1 aromatic carbocycles. The molecular weight excluding hydrogens is 277 g/mol. The van der Waals surface area contributed by atoms with E-state index in [1.165, 1.54) is 7.11 Å². The minimum Gasteiger partial charge on any atom is -0.494 e. The first-order chi connectivity index (χ1) is 9.60. The monoisotopic (exact) mass is 297 g/mol. The molecule has 0 radical (unpaired) electrons. The van der Waals surface area contributed by atoms with Crippen molar-refractivity contribution in [2.75, 3.05) is 39.8 Å². The Bertz CT molecular complexity index is 475. The lowest BCUT2D eigenvalue weighted by atomic mass is 10.1. The summed E-state index contributed by atoms with van der Waals surface area (Å²) < 4.78 is 19.1. The van der Waals surface area contributed by atoms with Crippen LogP contribution in [0.3, 0.4) is 0 Å². The van der Waals surface area contributed by atoms with E-state index in [1.54, 1.807) is 12.1 Å². The molecule has 2 N–H and O–H groups in total. The van der Waals surface area contributed by atoms with Crippen LogP contribution in [0.2, 0.25) is 0 Å². The van der Waals surface area contributed by atoms with Gasteiger partial charge in [0.2, 0.25) is 0 Å². The average Bonchev–Trinajstić information content (AvgIpc) is 2.43. The summed E-state index contributed by atoms with van der Waals surface area (Å²) in [6.45, 7) is 4.85. The Morgan fingerprint density at radius 2 is 1.95 bits per heavy atom. The summed E-state index contributed by atoms with van der Waals surface area (Å²) in [5.41, 5.74) is 6.22. The molecule has 0 spiro atoms. The smallest absolute Gasteiger partial charge is 0.169 e. The summed E-state index contributed by atoms with van der Waals surface area (Å²) in [6.07, 6.45) is 0. The molecular formula is C14H20FN3OS. The first kappa shape index (κ1) is 15.2. The third-order valence-electron chi connectivity index (χ3n) is 3.50. The Labute approximate surface area is 124 Å². The number of ether oxygens (including phenoxy) is 1. The number of nitrogens with zero attached hydrogens (tertiary/aromatic N) is 2. The third-order valence-corrected chi connectivity index (χ3v) is 3.63. The zero-order valence-corrected chi connectivity index (χ0v) is 12.5. The number of benzene rings is 1. The molecule has 20 heavy (non-hydrogen) atoms. The van der Waals surface area contributed by atoms with Crippen LogP contribution < -0.4 is 10.5 Å². The van der Waals surface area contributed by atoms with Gasteiger partial charge in [0.1, 0.15) is 0 Å². The lowest BCUT2D eigenvalue weighted by Crippen LogP contribution is -2.48. The summed E-state index contributed by atoms with van der Waals surface area (Å²) in [7, 11) is 1.48. The lowest BCUT2D eigenvalue weighted by Gasteiger charge is -2.34. The number of thiocarbonyl (C=S) groups is 1. The Hall–Kier alpha value is -1.24. The molecule has 0 saturated carbocycles. The Balaban J connectivity index is 1.91. The predicted octanol–water partition coefficient (Wildman–Crippen LogP) is 1.24. The van der Waals surface area contributed by atoms with E-state index < -0.39 is 0 Å². The molecule has 1 saturated heterocycles. The SMILES string of the molecule is COc1cccc(CN2CCN(CC(N)=S)CC2)c1F. The molecule has 2 rings (SSSR count). The zero-order chi connectivity index (χ0) is 14.5. The van der Waals surface area contributed by atoms with Gasteiger partial charge in [-0.2, -0.15) is 0 Å². The molecule has 1 aliphatic heterocycles. The maximum absolute atomic E-state index is 14.1. The van der Waals surface area contributed by atoms with Crippen LogP contribution in [0.1, 0.15) is 5.56 Å². The van der Waals surface area contributed by atoms with Crippen LogP contribution >= 0.6 is 12.2 Å². The Kier molecular flexibility index (Phi) is 5.28. The highest BCUT2D eigenvalue weighted by Gasteiger charge is 2.19. The van der Waals surface area contributed by atoms with Crippen molar-refractivity contribution in [3.8, 4) is 5.75 Å². The molecule has 0 aliphatic carbocycles. The highest BCUT2D eigenvalue weighted by atomic mass is 32.1. The minimum atomic E-state index is -0.263. The molecule has 1 fully saturated rings. The van der Waals surface area contributed by atoms with Crippen LogP contribution in [0.15, 0.2) is 18.2 Å². The van der Waals surface area contributed by atoms with Gasteiger partial charge in [-0.1, -0.05) is 24.4 Å². The first-order valence-corrected chi connectivity index (χ1v) is 7.05. The number of rotatable bonds is 5. The average molecular weight is 297 g/mol. The summed E-state index contributed by atoms with van der Waals surface area (Å²) >= 11 is 4.91. The van der Waals surface area contributed by atoms with Crippen molar-refractivity contribution in [3.05, 3.63) is 29.6 Å². The fourth-order valence-electron chi connectivity index (χ4n) is 2.40. The first-order valence-electron chi connectivity index (χ1n) is 6.64. The topological polar surface area (TPSA) is 41.7 Å². The van der Waals surface area contributed by atoms with Crippen LogP contribution in [0.5, 0.6) is 5.75 Å². The summed E-state index contributed by atoms with van der Waals surface area (Å²) in [5.74, 6) is 0.0372. The zero-order valence-electron chi connectivity index (χ0n) is 11.6. The second kappa shape index (κ2) is 6.97. The van der Waals surface area contributed by atoms with Crippen LogP contribution in [0.4, 0.5) is 4.39 Å². The van der Waals surface area contributed by atoms with E-state index in [9.17, 15) is 4.39 Å². The van der Waals surface area contributed by atoms with Crippen LogP contribution in [-0.2, 0) is 6.54 Å². The van der Waals surface area contributed by atoms with Crippen molar-refractivity contribution in [2.45, 2.75) is 6.54 Å². The number of nitrogens with two attached hydrogens (primary N) is 1. The number of methoxy groups -OCH3 is 1. The molecule has 110 valence electrons. The second-order valence-electron chi connectivity index (χ2n) is 4.95. The lowest BCUT2D eigenvalue weighted by molar-refractivity contribution is 0.139. The van der Waals surface area contributed by atoms with E-state index in [2.05, 4.69) is 9.80 Å². The van der Waals surface area contributed by atoms with Gasteiger partial charge in [-0.15, -0.1) is 0 Å². The number of piperazine rings is 1. The highest BCUT2D eigenvalue weighted by Crippen LogP contribution is 2.21. The van der Waals surface area contributed by atoms with Crippen LogP contribution in [0.25, 0.3) is 0 Å². The highest BCUT2D eigenvalue weighted by molar-refractivity contribution is 7.80. The quantitative estimate of drug-likeness (QED) is 0.828. The van der Waals surface area contributed by atoms with E-state index in [0.717, 1.165) is 26.2 Å². The fraction of sp³-hybridized carbons (Fsp3) is 0.500. The van der Waals surface area contributed by atoms with Gasteiger partial charge in [-0.25, -0.2) is 4.39 Å². The van der Waals surface area contributed by atoms with Gasteiger partial charge in [0.25, 0.3) is 0 Å². The molecule has 6 heteroatoms. The molecule has 0 amide bonds. The van der Waals surface area contributed by atoms with E-state index in [0.29, 0.717) is 29.4 Å². The largest absolute Gasteiger partial charge is 0.494 e. The molecule has 1 aliphatic rings. The number of halogens is 1. The fourth-order valence-corrected chi connectivity index (χ4v) is 2.59. The normalized spacial score (nSPS) is 17.1. The van der Waals surface area contributed by atoms with Gasteiger partial charge in [0.15, 0.2) is 11.6 Å². The van der Waals surface area contributed by atoms with Gasteiger partial charge in [0, 0.05) is 44.8 Å². The summed E-state index contributed by atoms with van der Waals surface area (Å²) in [4.78, 5) is 4.98. The summed E-state index contributed by atoms with van der Waals surface area (Å²) in [5, 5.41) is 0. The third kappa shape index (κ3) is 3.88.